The van der Waals surface area contributed by atoms with Crippen molar-refractivity contribution in [3.63, 3.8) is 0 Å². The summed E-state index contributed by atoms with van der Waals surface area (Å²) in [5.41, 5.74) is 0. The van der Waals surface area contributed by atoms with E-state index in [-0.39, 0.29) is 29.7 Å². The van der Waals surface area contributed by atoms with Crippen molar-refractivity contribution in [2.75, 3.05) is 19.5 Å². The van der Waals surface area contributed by atoms with Gasteiger partial charge in [-0.3, -0.25) is 9.59 Å². The van der Waals surface area contributed by atoms with Crippen LogP contribution in [0.5, 0.6) is 0 Å². The van der Waals surface area contributed by atoms with Gasteiger partial charge in [-0.2, -0.15) is 0 Å². The van der Waals surface area contributed by atoms with E-state index in [9.17, 15) is 9.59 Å². The number of hydrogen-bond donors (Lipinski definition) is 1. The molecule has 0 spiro atoms. The summed E-state index contributed by atoms with van der Waals surface area (Å²) in [5.74, 6) is -1.27. The molecule has 0 radical (unpaired) electrons. The fourth-order valence-corrected chi connectivity index (χ4v) is 2.80. The van der Waals surface area contributed by atoms with Gasteiger partial charge in [-0.1, -0.05) is 11.8 Å². The maximum Gasteiger partial charge on any atom is 0.309 e. The number of aliphatic carboxylic acids is 1. The lowest BCUT2D eigenvalue weighted by molar-refractivity contribution is -0.144. The Morgan fingerprint density at radius 1 is 1.37 bits per heavy atom. The van der Waals surface area contributed by atoms with E-state index in [1.54, 1.807) is 7.11 Å². The predicted octanol–water partition coefficient (Wildman–Crippen LogP) is 1.94. The number of methoxy groups -OCH3 is 1. The number of carboxylic acids is 1. The molecule has 0 saturated heterocycles. The highest BCUT2D eigenvalue weighted by atomic mass is 32.2. The van der Waals surface area contributed by atoms with E-state index in [1.807, 2.05) is 0 Å². The van der Waals surface area contributed by atoms with Crippen LogP contribution in [0.15, 0.2) is 0 Å². The molecule has 1 aliphatic rings. The fraction of sp³-hybridized carbons (Fsp3) is 0.846. The standard InChI is InChI=1S/C13H22O5S/c1-9(14)19-8-10(13(15)16)7-18-12-5-3-4-11(6-12)17-2/h10-12H,3-8H2,1-2H3,(H,15,16). The molecule has 5 nitrogen and oxygen atoms in total. The van der Waals surface area contributed by atoms with Gasteiger partial charge >= 0.3 is 5.97 Å². The number of carbonyl (C=O) groups is 2. The Kier molecular flexibility index (Phi) is 7.41. The van der Waals surface area contributed by atoms with Gasteiger partial charge < -0.3 is 14.6 Å². The molecular formula is C13H22O5S. The van der Waals surface area contributed by atoms with Gasteiger partial charge in [-0.05, 0) is 25.7 Å². The first-order valence-electron chi connectivity index (χ1n) is 6.53. The van der Waals surface area contributed by atoms with Gasteiger partial charge in [0.25, 0.3) is 0 Å². The summed E-state index contributed by atoms with van der Waals surface area (Å²) in [6, 6.07) is 0. The van der Waals surface area contributed by atoms with E-state index < -0.39 is 11.9 Å². The Morgan fingerprint density at radius 2 is 2.05 bits per heavy atom. The molecule has 6 heteroatoms. The Labute approximate surface area is 118 Å². The van der Waals surface area contributed by atoms with Crippen LogP contribution in [0.25, 0.3) is 0 Å². The maximum absolute atomic E-state index is 11.1. The van der Waals surface area contributed by atoms with Crippen molar-refractivity contribution in [2.45, 2.75) is 44.8 Å². The number of hydrogen-bond acceptors (Lipinski definition) is 5. The van der Waals surface area contributed by atoms with Gasteiger partial charge in [0.05, 0.1) is 24.7 Å². The molecule has 1 N–H and O–H groups in total. The largest absolute Gasteiger partial charge is 0.481 e. The van der Waals surface area contributed by atoms with Crippen LogP contribution in [-0.2, 0) is 19.1 Å². The molecule has 110 valence electrons. The zero-order valence-electron chi connectivity index (χ0n) is 11.5. The normalized spacial score (nSPS) is 24.9. The number of ether oxygens (including phenoxy) is 2. The SMILES string of the molecule is COC1CCCC(OCC(CSC(C)=O)C(=O)O)C1. The highest BCUT2D eigenvalue weighted by molar-refractivity contribution is 8.13. The Balaban J connectivity index is 2.34. The van der Waals surface area contributed by atoms with Crippen molar-refractivity contribution in [1.29, 1.82) is 0 Å². The molecule has 0 heterocycles. The van der Waals surface area contributed by atoms with Crippen LogP contribution in [0.4, 0.5) is 0 Å². The van der Waals surface area contributed by atoms with Gasteiger partial charge in [0.2, 0.25) is 0 Å². The third-order valence-corrected chi connectivity index (χ3v) is 4.26. The van der Waals surface area contributed by atoms with Crippen LogP contribution in [0, 0.1) is 5.92 Å². The minimum atomic E-state index is -0.909. The van der Waals surface area contributed by atoms with Crippen LogP contribution in [0.2, 0.25) is 0 Å². The van der Waals surface area contributed by atoms with Crippen molar-refractivity contribution in [1.82, 2.24) is 0 Å². The first-order chi connectivity index (χ1) is 9.02. The Hall–Kier alpha value is -0.590. The molecule has 0 aliphatic heterocycles. The van der Waals surface area contributed by atoms with Crippen LogP contribution in [0.3, 0.4) is 0 Å². The van der Waals surface area contributed by atoms with Gasteiger partial charge in [0.1, 0.15) is 0 Å². The van der Waals surface area contributed by atoms with Gasteiger partial charge in [-0.25, -0.2) is 0 Å². The first kappa shape index (κ1) is 16.5. The fourth-order valence-electron chi connectivity index (χ4n) is 2.13. The van der Waals surface area contributed by atoms with E-state index in [4.69, 9.17) is 14.6 Å². The molecule has 1 aliphatic carbocycles. The number of rotatable bonds is 7. The molecule has 3 unspecified atom stereocenters. The third kappa shape index (κ3) is 6.40. The average molecular weight is 290 g/mol. The molecule has 3 atom stereocenters. The van der Waals surface area contributed by atoms with Crippen molar-refractivity contribution in [3.8, 4) is 0 Å². The second-order valence-electron chi connectivity index (χ2n) is 4.82. The van der Waals surface area contributed by atoms with Gasteiger partial charge in [-0.15, -0.1) is 0 Å². The second-order valence-corrected chi connectivity index (χ2v) is 6.01. The first-order valence-corrected chi connectivity index (χ1v) is 7.52. The maximum atomic E-state index is 11.1. The lowest BCUT2D eigenvalue weighted by Crippen LogP contribution is -2.31. The Morgan fingerprint density at radius 3 is 2.63 bits per heavy atom. The van der Waals surface area contributed by atoms with Crippen molar-refractivity contribution in [2.24, 2.45) is 5.92 Å². The summed E-state index contributed by atoms with van der Waals surface area (Å²) in [6.45, 7) is 1.60. The molecule has 0 aromatic rings. The van der Waals surface area contributed by atoms with Crippen molar-refractivity contribution < 1.29 is 24.2 Å². The Bertz CT molecular complexity index is 307. The van der Waals surface area contributed by atoms with Gasteiger partial charge in [0.15, 0.2) is 5.12 Å². The topological polar surface area (TPSA) is 72.8 Å². The van der Waals surface area contributed by atoms with Crippen LogP contribution >= 0.6 is 11.8 Å². The lowest BCUT2D eigenvalue weighted by Gasteiger charge is -2.29. The molecule has 1 fully saturated rings. The van der Waals surface area contributed by atoms with E-state index >= 15 is 0 Å². The molecule has 0 amide bonds. The van der Waals surface area contributed by atoms with E-state index in [0.29, 0.717) is 0 Å². The van der Waals surface area contributed by atoms with E-state index in [0.717, 1.165) is 37.4 Å². The summed E-state index contributed by atoms with van der Waals surface area (Å²) < 4.78 is 11.0. The van der Waals surface area contributed by atoms with Crippen molar-refractivity contribution in [3.05, 3.63) is 0 Å². The average Bonchev–Trinajstić information content (AvgIpc) is 2.38. The minimum Gasteiger partial charge on any atom is -0.481 e. The molecular weight excluding hydrogens is 268 g/mol. The predicted molar refractivity (Wildman–Crippen MR) is 73.3 cm³/mol. The number of thioether (sulfide) groups is 1. The lowest BCUT2D eigenvalue weighted by atomic mass is 9.95. The monoisotopic (exact) mass is 290 g/mol. The third-order valence-electron chi connectivity index (χ3n) is 3.28. The smallest absolute Gasteiger partial charge is 0.309 e. The summed E-state index contributed by atoms with van der Waals surface area (Å²) in [4.78, 5) is 21.9. The molecule has 1 rings (SSSR count). The molecule has 19 heavy (non-hydrogen) atoms. The van der Waals surface area contributed by atoms with E-state index in [1.165, 1.54) is 6.92 Å². The number of carboxylic acid groups (broad SMARTS) is 1. The van der Waals surface area contributed by atoms with Crippen LogP contribution in [-0.4, -0.2) is 47.9 Å². The van der Waals surface area contributed by atoms with Crippen molar-refractivity contribution >= 4 is 22.8 Å². The van der Waals surface area contributed by atoms with Crippen LogP contribution < -0.4 is 0 Å². The highest BCUT2D eigenvalue weighted by Gasteiger charge is 2.25. The zero-order valence-corrected chi connectivity index (χ0v) is 12.3. The zero-order chi connectivity index (χ0) is 14.3. The molecule has 0 bridgehead atoms. The second kappa shape index (κ2) is 8.55. The summed E-state index contributed by atoms with van der Waals surface area (Å²) in [7, 11) is 1.69. The highest BCUT2D eigenvalue weighted by Crippen LogP contribution is 2.24. The van der Waals surface area contributed by atoms with E-state index in [2.05, 4.69) is 0 Å². The minimum absolute atomic E-state index is 0.0663. The molecule has 0 aromatic heterocycles. The quantitative estimate of drug-likeness (QED) is 0.772. The summed E-state index contributed by atoms with van der Waals surface area (Å²) in [5, 5.41) is 9.02. The molecule has 0 aromatic carbocycles. The van der Waals surface area contributed by atoms with Gasteiger partial charge in [0, 0.05) is 19.8 Å². The summed E-state index contributed by atoms with van der Waals surface area (Å²) in [6.07, 6.45) is 4.15. The molecule has 1 saturated carbocycles. The van der Waals surface area contributed by atoms with Crippen LogP contribution in [0.1, 0.15) is 32.6 Å². The summed E-state index contributed by atoms with van der Waals surface area (Å²) >= 11 is 1.03. The number of carbonyl (C=O) groups excluding carboxylic acids is 1.